The first-order chi connectivity index (χ1) is 9.87. The predicted octanol–water partition coefficient (Wildman–Crippen LogP) is 0.152. The Hall–Kier alpha value is -0.960. The highest BCUT2D eigenvalue weighted by Crippen LogP contribution is 2.28. The van der Waals surface area contributed by atoms with E-state index < -0.39 is 10.0 Å². The van der Waals surface area contributed by atoms with Crippen LogP contribution in [-0.4, -0.2) is 68.1 Å². The number of aromatic amines is 1. The molecule has 2 heterocycles. The van der Waals surface area contributed by atoms with Gasteiger partial charge < -0.3 is 10.2 Å². The molecule has 1 aliphatic heterocycles. The zero-order valence-electron chi connectivity index (χ0n) is 13.2. The minimum Gasteiger partial charge on any atom is -0.316 e. The van der Waals surface area contributed by atoms with Crippen molar-refractivity contribution in [1.82, 2.24) is 24.7 Å². The molecule has 1 unspecified atom stereocenters. The summed E-state index contributed by atoms with van der Waals surface area (Å²) >= 11 is 0. The molecular weight excluding hydrogens is 290 g/mol. The van der Waals surface area contributed by atoms with Crippen LogP contribution in [0.15, 0.2) is 5.03 Å². The van der Waals surface area contributed by atoms with Gasteiger partial charge in [-0.15, -0.1) is 0 Å². The molecule has 1 aromatic rings. The number of hydrogen-bond acceptors (Lipinski definition) is 5. The van der Waals surface area contributed by atoms with Crippen LogP contribution in [0.3, 0.4) is 0 Å². The zero-order chi connectivity index (χ0) is 15.6. The number of likely N-dealkylation sites (N-methyl/N-ethyl adjacent to an activating group) is 1. The van der Waals surface area contributed by atoms with Crippen LogP contribution in [0.1, 0.15) is 24.1 Å². The van der Waals surface area contributed by atoms with Crippen LogP contribution in [0.4, 0.5) is 0 Å². The Bertz CT molecular complexity index is 581. The van der Waals surface area contributed by atoms with Gasteiger partial charge in [-0.2, -0.15) is 9.40 Å². The van der Waals surface area contributed by atoms with E-state index in [9.17, 15) is 8.42 Å². The number of H-pyrrole nitrogens is 1. The summed E-state index contributed by atoms with van der Waals surface area (Å²) in [5.74, 6) is 0. The maximum atomic E-state index is 12.9. The standard InChI is InChI=1S/C13H25N5O2S/c1-10-12(8-14-2)13(16-15-10)21(19,20)18-7-5-6-11(18)9-17(3)4/h11,14H,5-9H2,1-4H3,(H,15,16). The lowest BCUT2D eigenvalue weighted by Crippen LogP contribution is -2.41. The number of rotatable bonds is 6. The van der Waals surface area contributed by atoms with Crippen LogP contribution >= 0.6 is 0 Å². The lowest BCUT2D eigenvalue weighted by molar-refractivity contribution is 0.290. The van der Waals surface area contributed by atoms with Crippen molar-refractivity contribution in [2.75, 3.05) is 34.2 Å². The van der Waals surface area contributed by atoms with Gasteiger partial charge in [0.15, 0.2) is 5.03 Å². The molecule has 0 bridgehead atoms. The molecule has 2 rings (SSSR count). The van der Waals surface area contributed by atoms with Gasteiger partial charge in [0, 0.05) is 36.9 Å². The van der Waals surface area contributed by atoms with Gasteiger partial charge in [0.05, 0.1) is 0 Å². The van der Waals surface area contributed by atoms with Gasteiger partial charge in [0.25, 0.3) is 10.0 Å². The molecule has 120 valence electrons. The summed E-state index contributed by atoms with van der Waals surface area (Å²) in [6, 6.07) is 0.0319. The van der Waals surface area contributed by atoms with Gasteiger partial charge in [-0.25, -0.2) is 8.42 Å². The molecule has 21 heavy (non-hydrogen) atoms. The van der Waals surface area contributed by atoms with Gasteiger partial charge >= 0.3 is 0 Å². The number of aryl methyl sites for hydroxylation is 1. The second-order valence-corrected chi connectivity index (χ2v) is 7.64. The number of nitrogens with zero attached hydrogens (tertiary/aromatic N) is 3. The quantitative estimate of drug-likeness (QED) is 0.781. The molecule has 0 aliphatic carbocycles. The van der Waals surface area contributed by atoms with Crippen molar-refractivity contribution in [2.45, 2.75) is 37.4 Å². The minimum atomic E-state index is -3.54. The monoisotopic (exact) mass is 315 g/mol. The molecule has 0 aromatic carbocycles. The first kappa shape index (κ1) is 16.4. The molecule has 0 radical (unpaired) electrons. The third-order valence-electron chi connectivity index (χ3n) is 3.84. The van der Waals surface area contributed by atoms with Crippen LogP contribution in [-0.2, 0) is 16.6 Å². The Kier molecular flexibility index (Phi) is 5.03. The number of hydrogen-bond donors (Lipinski definition) is 2. The van der Waals surface area contributed by atoms with Crippen LogP contribution in [0, 0.1) is 6.92 Å². The molecule has 7 nitrogen and oxygen atoms in total. The van der Waals surface area contributed by atoms with E-state index in [1.807, 2.05) is 25.9 Å². The van der Waals surface area contributed by atoms with E-state index in [4.69, 9.17) is 0 Å². The molecule has 1 aliphatic rings. The largest absolute Gasteiger partial charge is 0.316 e. The fraction of sp³-hybridized carbons (Fsp3) is 0.769. The fourth-order valence-corrected chi connectivity index (χ4v) is 4.72. The van der Waals surface area contributed by atoms with E-state index in [0.29, 0.717) is 13.1 Å². The molecule has 0 amide bonds. The molecule has 2 N–H and O–H groups in total. The molecule has 1 saturated heterocycles. The molecular formula is C13H25N5O2S. The van der Waals surface area contributed by atoms with Crippen LogP contribution in [0.5, 0.6) is 0 Å². The van der Waals surface area contributed by atoms with Crippen molar-refractivity contribution in [1.29, 1.82) is 0 Å². The van der Waals surface area contributed by atoms with E-state index >= 15 is 0 Å². The second-order valence-electron chi connectivity index (χ2n) is 5.84. The van der Waals surface area contributed by atoms with E-state index in [1.54, 1.807) is 11.4 Å². The SMILES string of the molecule is CNCc1c(S(=O)(=O)N2CCCC2CN(C)C)n[nH]c1C. The molecule has 8 heteroatoms. The summed E-state index contributed by atoms with van der Waals surface area (Å²) in [6.45, 7) is 3.65. The Morgan fingerprint density at radius 1 is 1.48 bits per heavy atom. The number of sulfonamides is 1. The Morgan fingerprint density at radius 3 is 2.81 bits per heavy atom. The summed E-state index contributed by atoms with van der Waals surface area (Å²) in [4.78, 5) is 2.03. The lowest BCUT2D eigenvalue weighted by Gasteiger charge is -2.26. The average molecular weight is 315 g/mol. The second kappa shape index (κ2) is 6.43. The predicted molar refractivity (Wildman–Crippen MR) is 81.6 cm³/mol. The smallest absolute Gasteiger partial charge is 0.263 e. The van der Waals surface area contributed by atoms with Crippen LogP contribution in [0.25, 0.3) is 0 Å². The maximum Gasteiger partial charge on any atom is 0.263 e. The zero-order valence-corrected chi connectivity index (χ0v) is 14.0. The summed E-state index contributed by atoms with van der Waals surface area (Å²) in [5.41, 5.74) is 1.53. The van der Waals surface area contributed by atoms with Crippen molar-refractivity contribution in [2.24, 2.45) is 0 Å². The van der Waals surface area contributed by atoms with Gasteiger partial charge in [-0.3, -0.25) is 5.10 Å². The summed E-state index contributed by atoms with van der Waals surface area (Å²) in [5, 5.41) is 10.0. The molecule has 0 saturated carbocycles. The number of nitrogens with one attached hydrogen (secondary N) is 2. The van der Waals surface area contributed by atoms with Crippen molar-refractivity contribution in [3.8, 4) is 0 Å². The van der Waals surface area contributed by atoms with Crippen LogP contribution < -0.4 is 5.32 Å². The molecule has 1 fully saturated rings. The normalized spacial score (nSPS) is 20.5. The minimum absolute atomic E-state index is 0.0319. The average Bonchev–Trinajstić information content (AvgIpc) is 2.98. The van der Waals surface area contributed by atoms with Crippen molar-refractivity contribution < 1.29 is 8.42 Å². The summed E-state index contributed by atoms with van der Waals surface area (Å²) in [7, 11) is 2.19. The Morgan fingerprint density at radius 2 is 2.19 bits per heavy atom. The van der Waals surface area contributed by atoms with Gasteiger partial charge in [-0.05, 0) is 40.9 Å². The molecule has 1 atom stereocenters. The van der Waals surface area contributed by atoms with E-state index in [1.165, 1.54) is 0 Å². The molecule has 1 aromatic heterocycles. The highest BCUT2D eigenvalue weighted by atomic mass is 32.2. The number of aromatic nitrogens is 2. The highest BCUT2D eigenvalue weighted by molar-refractivity contribution is 7.89. The molecule has 0 spiro atoms. The Labute approximate surface area is 126 Å². The van der Waals surface area contributed by atoms with Crippen LogP contribution in [0.2, 0.25) is 0 Å². The summed E-state index contributed by atoms with van der Waals surface area (Å²) < 4.78 is 27.5. The van der Waals surface area contributed by atoms with Gasteiger partial charge in [0.2, 0.25) is 0 Å². The maximum absolute atomic E-state index is 12.9. The van der Waals surface area contributed by atoms with Gasteiger partial charge in [0.1, 0.15) is 0 Å². The first-order valence-corrected chi connectivity index (χ1v) is 8.67. The van der Waals surface area contributed by atoms with E-state index in [0.717, 1.165) is 30.6 Å². The Balaban J connectivity index is 2.33. The van der Waals surface area contributed by atoms with Crippen molar-refractivity contribution in [3.63, 3.8) is 0 Å². The third-order valence-corrected chi connectivity index (χ3v) is 5.77. The van der Waals surface area contributed by atoms with Crippen molar-refractivity contribution in [3.05, 3.63) is 11.3 Å². The van der Waals surface area contributed by atoms with E-state index in [-0.39, 0.29) is 11.1 Å². The topological polar surface area (TPSA) is 81.3 Å². The summed E-state index contributed by atoms with van der Waals surface area (Å²) in [6.07, 6.45) is 1.81. The third kappa shape index (κ3) is 3.28. The van der Waals surface area contributed by atoms with E-state index in [2.05, 4.69) is 15.5 Å². The highest BCUT2D eigenvalue weighted by Gasteiger charge is 2.38. The first-order valence-electron chi connectivity index (χ1n) is 7.23. The lowest BCUT2D eigenvalue weighted by atomic mass is 10.2. The van der Waals surface area contributed by atoms with Gasteiger partial charge in [-0.1, -0.05) is 0 Å². The fourth-order valence-electron chi connectivity index (χ4n) is 2.87. The van der Waals surface area contributed by atoms with Crippen molar-refractivity contribution >= 4 is 10.0 Å².